The minimum absolute atomic E-state index is 0.260. The third-order valence-corrected chi connectivity index (χ3v) is 5.47. The quantitative estimate of drug-likeness (QED) is 0.604. The van der Waals surface area contributed by atoms with Crippen molar-refractivity contribution in [2.75, 3.05) is 14.2 Å². The third kappa shape index (κ3) is 2.15. The first kappa shape index (κ1) is 17.6. The fraction of sp³-hybridized carbons (Fsp3) is 0.167. The van der Waals surface area contributed by atoms with Gasteiger partial charge in [-0.15, -0.1) is 12.8 Å². The van der Waals surface area contributed by atoms with Crippen molar-refractivity contribution in [3.63, 3.8) is 0 Å². The predicted octanol–water partition coefficient (Wildman–Crippen LogP) is 2.88. The van der Waals surface area contributed by atoms with E-state index >= 15 is 0 Å². The molecule has 0 saturated heterocycles. The molecular weight excluding hydrogens is 352 g/mol. The Balaban J connectivity index is 2.19. The van der Waals surface area contributed by atoms with Crippen LogP contribution in [0.1, 0.15) is 45.2 Å². The fourth-order valence-electron chi connectivity index (χ4n) is 4.44. The van der Waals surface area contributed by atoms with Crippen molar-refractivity contribution < 1.29 is 19.1 Å². The van der Waals surface area contributed by atoms with E-state index in [0.29, 0.717) is 11.1 Å². The lowest BCUT2D eigenvalue weighted by Crippen LogP contribution is -2.36. The Morgan fingerprint density at radius 3 is 1.50 bits per heavy atom. The maximum absolute atomic E-state index is 12.8. The molecule has 28 heavy (non-hydrogen) atoms. The molecule has 0 spiro atoms. The van der Waals surface area contributed by atoms with E-state index in [1.54, 1.807) is 12.1 Å². The molecule has 2 atom stereocenters. The van der Waals surface area contributed by atoms with E-state index in [1.165, 1.54) is 14.2 Å². The van der Waals surface area contributed by atoms with Gasteiger partial charge in [0.05, 0.1) is 25.4 Å². The van der Waals surface area contributed by atoms with Crippen molar-refractivity contribution in [1.82, 2.24) is 0 Å². The number of carbonyl (C=O) groups excluding carboxylic acids is 2. The summed E-state index contributed by atoms with van der Waals surface area (Å²) in [5.41, 5.74) is 5.21. The number of ether oxygens (including phenoxy) is 2. The molecule has 2 bridgehead atoms. The van der Waals surface area contributed by atoms with Crippen LogP contribution >= 0.6 is 0 Å². The van der Waals surface area contributed by atoms with Crippen LogP contribution in [0.2, 0.25) is 0 Å². The van der Waals surface area contributed by atoms with Crippen LogP contribution in [0.15, 0.2) is 47.5 Å². The van der Waals surface area contributed by atoms with Gasteiger partial charge in [0.15, 0.2) is 0 Å². The van der Waals surface area contributed by atoms with Crippen LogP contribution in [-0.2, 0) is 19.1 Å². The van der Waals surface area contributed by atoms with Gasteiger partial charge in [0, 0.05) is 23.0 Å². The Morgan fingerprint density at radius 1 is 0.786 bits per heavy atom. The highest BCUT2D eigenvalue weighted by Gasteiger charge is 2.49. The van der Waals surface area contributed by atoms with Crippen LogP contribution in [0.25, 0.3) is 0 Å². The molecular formula is C24H16O4. The molecule has 136 valence electrons. The van der Waals surface area contributed by atoms with E-state index in [1.807, 2.05) is 24.3 Å². The van der Waals surface area contributed by atoms with Gasteiger partial charge in [-0.25, -0.2) is 9.59 Å². The largest absolute Gasteiger partial charge is 0.466 e. The topological polar surface area (TPSA) is 52.6 Å². The van der Waals surface area contributed by atoms with E-state index in [0.717, 1.165) is 22.3 Å². The molecule has 0 amide bonds. The smallest absolute Gasteiger partial charge is 0.335 e. The Hall–Kier alpha value is -3.76. The second kappa shape index (κ2) is 6.44. The first-order valence-corrected chi connectivity index (χ1v) is 8.68. The van der Waals surface area contributed by atoms with Crippen LogP contribution in [0, 0.1) is 24.7 Å². The highest BCUT2D eigenvalue weighted by atomic mass is 16.5. The van der Waals surface area contributed by atoms with Crippen molar-refractivity contribution >= 4 is 11.9 Å². The van der Waals surface area contributed by atoms with Gasteiger partial charge in [0.1, 0.15) is 0 Å². The van der Waals surface area contributed by atoms with Crippen molar-refractivity contribution in [3.8, 4) is 24.7 Å². The van der Waals surface area contributed by atoms with Crippen molar-refractivity contribution in [2.45, 2.75) is 11.8 Å². The lowest BCUT2D eigenvalue weighted by atomic mass is 9.59. The van der Waals surface area contributed by atoms with Crippen LogP contribution in [0.3, 0.4) is 0 Å². The normalized spacial score (nSPS) is 18.4. The van der Waals surface area contributed by atoms with Gasteiger partial charge in [-0.1, -0.05) is 36.1 Å². The van der Waals surface area contributed by atoms with Gasteiger partial charge in [-0.05, 0) is 34.4 Å². The zero-order chi connectivity index (χ0) is 20.0. The second-order valence-electron chi connectivity index (χ2n) is 6.58. The molecule has 2 aromatic rings. The van der Waals surface area contributed by atoms with E-state index in [2.05, 4.69) is 11.8 Å². The Bertz CT molecular complexity index is 1060. The van der Waals surface area contributed by atoms with Gasteiger partial charge in [-0.3, -0.25) is 0 Å². The average molecular weight is 368 g/mol. The fourth-order valence-corrected chi connectivity index (χ4v) is 4.44. The van der Waals surface area contributed by atoms with Crippen molar-refractivity contribution in [2.24, 2.45) is 0 Å². The molecule has 3 aliphatic rings. The highest BCUT2D eigenvalue weighted by molar-refractivity contribution is 6.06. The number of methoxy groups -OCH3 is 2. The molecule has 0 heterocycles. The summed E-state index contributed by atoms with van der Waals surface area (Å²) in [5.74, 6) is 3.15. The van der Waals surface area contributed by atoms with E-state index < -0.39 is 23.8 Å². The van der Waals surface area contributed by atoms with Crippen molar-refractivity contribution in [3.05, 3.63) is 80.9 Å². The number of benzene rings is 2. The summed E-state index contributed by atoms with van der Waals surface area (Å²) in [6.07, 6.45) is 11.5. The summed E-state index contributed by atoms with van der Waals surface area (Å²) in [6.45, 7) is 0. The Kier molecular flexibility index (Phi) is 4.06. The monoisotopic (exact) mass is 368 g/mol. The number of hydrogen-bond donors (Lipinski definition) is 0. The molecule has 0 N–H and O–H groups in total. The minimum atomic E-state index is -0.579. The van der Waals surface area contributed by atoms with E-state index in [4.69, 9.17) is 22.3 Å². The Labute approximate surface area is 163 Å². The summed E-state index contributed by atoms with van der Waals surface area (Å²) in [7, 11) is 2.58. The summed E-state index contributed by atoms with van der Waals surface area (Å²) in [4.78, 5) is 25.6. The van der Waals surface area contributed by atoms with Gasteiger partial charge in [0.2, 0.25) is 0 Å². The number of esters is 2. The van der Waals surface area contributed by atoms with Crippen LogP contribution in [0.4, 0.5) is 0 Å². The number of carbonyl (C=O) groups is 2. The zero-order valence-corrected chi connectivity index (χ0v) is 15.4. The summed E-state index contributed by atoms with van der Waals surface area (Å²) >= 11 is 0. The lowest BCUT2D eigenvalue weighted by molar-refractivity contribution is -0.140. The SMILES string of the molecule is C#Cc1ccc(C#C)c2c1C1C(C(=O)OC)=C(C(=O)OC)[C@@H]2c2ccccc21. The molecule has 5 rings (SSSR count). The molecule has 3 aliphatic carbocycles. The molecule has 2 aromatic carbocycles. The van der Waals surface area contributed by atoms with Gasteiger partial charge in [0.25, 0.3) is 0 Å². The third-order valence-electron chi connectivity index (χ3n) is 5.47. The minimum Gasteiger partial charge on any atom is -0.466 e. The maximum atomic E-state index is 12.8. The first-order chi connectivity index (χ1) is 13.6. The molecule has 0 radical (unpaired) electrons. The zero-order valence-electron chi connectivity index (χ0n) is 15.4. The molecule has 1 unspecified atom stereocenters. The molecule has 4 nitrogen and oxygen atoms in total. The van der Waals surface area contributed by atoms with E-state index in [9.17, 15) is 9.59 Å². The summed E-state index contributed by atoms with van der Waals surface area (Å²) in [6, 6.07) is 11.2. The standard InChI is InChI=1S/C24H16O4/c1-5-13-11-12-14(6-2)18-17(13)19-15-9-7-8-10-16(15)20(18)22(24(26)28-4)21(19)23(25)27-3/h1-2,7-12,19-20H,3-4H3/t19-,20?/m1/s1. The van der Waals surface area contributed by atoms with Gasteiger partial charge >= 0.3 is 11.9 Å². The first-order valence-electron chi connectivity index (χ1n) is 8.68. The number of rotatable bonds is 2. The van der Waals surface area contributed by atoms with Gasteiger partial charge < -0.3 is 9.47 Å². The van der Waals surface area contributed by atoms with Crippen molar-refractivity contribution in [1.29, 1.82) is 0 Å². The molecule has 0 saturated carbocycles. The summed E-state index contributed by atoms with van der Waals surface area (Å²) in [5, 5.41) is 0. The van der Waals surface area contributed by atoms with Crippen LogP contribution in [-0.4, -0.2) is 26.2 Å². The van der Waals surface area contributed by atoms with Crippen LogP contribution in [0.5, 0.6) is 0 Å². The Morgan fingerprint density at radius 2 is 1.18 bits per heavy atom. The molecule has 0 aromatic heterocycles. The van der Waals surface area contributed by atoms with Gasteiger partial charge in [-0.2, -0.15) is 0 Å². The second-order valence-corrected chi connectivity index (χ2v) is 6.58. The summed E-state index contributed by atoms with van der Waals surface area (Å²) < 4.78 is 10.1. The van der Waals surface area contributed by atoms with E-state index in [-0.39, 0.29) is 11.1 Å². The number of terminal acetylenes is 2. The number of hydrogen-bond acceptors (Lipinski definition) is 4. The predicted molar refractivity (Wildman–Crippen MR) is 103 cm³/mol. The lowest BCUT2D eigenvalue weighted by Gasteiger charge is -2.42. The molecule has 0 fully saturated rings. The molecule has 0 aliphatic heterocycles. The van der Waals surface area contributed by atoms with Crippen LogP contribution < -0.4 is 0 Å². The molecule has 4 heteroatoms. The maximum Gasteiger partial charge on any atom is 0.335 e. The average Bonchev–Trinajstić information content (AvgIpc) is 2.76. The highest BCUT2D eigenvalue weighted by Crippen LogP contribution is 2.57.